The molecule has 0 aliphatic carbocycles. The Morgan fingerprint density at radius 3 is 3.12 bits per heavy atom. The van der Waals surface area contributed by atoms with E-state index in [0.717, 1.165) is 0 Å². The molecule has 1 aromatic heterocycles. The molecule has 1 unspecified atom stereocenters. The molecule has 0 bridgehead atoms. The van der Waals surface area contributed by atoms with E-state index in [1.54, 1.807) is 25.1 Å². The number of aromatic nitrogens is 1. The molecule has 4 nitrogen and oxygen atoms in total. The third-order valence-electron chi connectivity index (χ3n) is 2.11. The van der Waals surface area contributed by atoms with E-state index in [2.05, 4.69) is 17.6 Å². The fraction of sp³-hybridized carbons (Fsp3) is 0.273. The zero-order valence-electron chi connectivity index (χ0n) is 9.01. The molecule has 0 N–H and O–H groups in total. The molecule has 0 saturated heterocycles. The van der Waals surface area contributed by atoms with Crippen molar-refractivity contribution in [2.45, 2.75) is 12.2 Å². The van der Waals surface area contributed by atoms with Crippen LogP contribution in [0.3, 0.4) is 0 Å². The molecule has 0 fully saturated rings. The predicted octanol–water partition coefficient (Wildman–Crippen LogP) is 3.02. The van der Waals surface area contributed by atoms with Gasteiger partial charge >= 0.3 is 5.97 Å². The number of esters is 1. The topological polar surface area (TPSA) is 52.3 Å². The van der Waals surface area contributed by atoms with E-state index in [9.17, 15) is 4.79 Å². The number of thiol groups is 1. The molecule has 0 saturated carbocycles. The lowest BCUT2D eigenvalue weighted by Gasteiger charge is -2.04. The molecule has 1 atom stereocenters. The zero-order chi connectivity index (χ0) is 12.4. The molecule has 90 valence electrons. The average Bonchev–Trinajstić information content (AvgIpc) is 2.71. The summed E-state index contributed by atoms with van der Waals surface area (Å²) in [5.41, 5.74) is 1.16. The number of ether oxygens (including phenoxy) is 1. The van der Waals surface area contributed by atoms with Crippen LogP contribution in [0.15, 0.2) is 22.6 Å². The smallest absolute Gasteiger partial charge is 0.328 e. The lowest BCUT2D eigenvalue weighted by molar-refractivity contribution is -0.142. The highest BCUT2D eigenvalue weighted by atomic mass is 35.5. The van der Waals surface area contributed by atoms with E-state index in [-0.39, 0.29) is 5.89 Å². The largest absolute Gasteiger partial charge is 0.465 e. The summed E-state index contributed by atoms with van der Waals surface area (Å²) in [5.74, 6) is -0.266. The van der Waals surface area contributed by atoms with Gasteiger partial charge in [-0.1, -0.05) is 11.6 Å². The number of benzene rings is 1. The number of halogens is 1. The van der Waals surface area contributed by atoms with Crippen molar-refractivity contribution < 1.29 is 13.9 Å². The number of carbonyl (C=O) groups excluding carboxylic acids is 1. The summed E-state index contributed by atoms with van der Waals surface area (Å²) in [7, 11) is 0. The molecule has 2 aromatic rings. The van der Waals surface area contributed by atoms with Gasteiger partial charge in [0.1, 0.15) is 5.52 Å². The van der Waals surface area contributed by atoms with Crippen molar-refractivity contribution in [2.24, 2.45) is 0 Å². The van der Waals surface area contributed by atoms with Crippen molar-refractivity contribution in [1.82, 2.24) is 4.98 Å². The number of carbonyl (C=O) groups is 1. The van der Waals surface area contributed by atoms with Crippen LogP contribution >= 0.6 is 24.2 Å². The molecular weight excluding hydrogens is 262 g/mol. The minimum Gasteiger partial charge on any atom is -0.465 e. The van der Waals surface area contributed by atoms with E-state index in [4.69, 9.17) is 20.8 Å². The van der Waals surface area contributed by atoms with Gasteiger partial charge in [-0.15, -0.1) is 0 Å². The van der Waals surface area contributed by atoms with Crippen LogP contribution < -0.4 is 0 Å². The standard InChI is InChI=1S/C11H10ClNO3S/c1-2-15-11(14)9(17)10-13-7-5-6(12)3-4-8(7)16-10/h3-5,9,17H,2H2,1H3. The first-order valence-electron chi connectivity index (χ1n) is 5.02. The van der Waals surface area contributed by atoms with E-state index in [0.29, 0.717) is 22.7 Å². The van der Waals surface area contributed by atoms with Gasteiger partial charge < -0.3 is 9.15 Å². The molecular formula is C11H10ClNO3S. The Morgan fingerprint density at radius 2 is 2.41 bits per heavy atom. The first-order valence-corrected chi connectivity index (χ1v) is 5.92. The SMILES string of the molecule is CCOC(=O)C(S)c1nc2cc(Cl)ccc2o1. The third-order valence-corrected chi connectivity index (χ3v) is 2.78. The van der Waals surface area contributed by atoms with Gasteiger partial charge in [0.15, 0.2) is 10.8 Å². The Morgan fingerprint density at radius 1 is 1.65 bits per heavy atom. The summed E-state index contributed by atoms with van der Waals surface area (Å²) in [6, 6.07) is 5.05. The summed E-state index contributed by atoms with van der Waals surface area (Å²) < 4.78 is 10.2. The minimum atomic E-state index is -0.818. The highest BCUT2D eigenvalue weighted by molar-refractivity contribution is 7.81. The lowest BCUT2D eigenvalue weighted by atomic mass is 10.3. The first-order chi connectivity index (χ1) is 8.11. The van der Waals surface area contributed by atoms with E-state index < -0.39 is 11.2 Å². The fourth-order valence-corrected chi connectivity index (χ4v) is 1.71. The number of fused-ring (bicyclic) bond motifs is 1. The van der Waals surface area contributed by atoms with Crippen molar-refractivity contribution in [2.75, 3.05) is 6.61 Å². The summed E-state index contributed by atoms with van der Waals surface area (Å²) in [5, 5.41) is -0.259. The molecule has 2 rings (SSSR count). The number of hydrogen-bond acceptors (Lipinski definition) is 5. The van der Waals surface area contributed by atoms with Crippen LogP contribution in [-0.2, 0) is 9.53 Å². The molecule has 6 heteroatoms. The van der Waals surface area contributed by atoms with Crippen LogP contribution in [0, 0.1) is 0 Å². The van der Waals surface area contributed by atoms with Crippen LogP contribution in [0.5, 0.6) is 0 Å². The van der Waals surface area contributed by atoms with Crippen molar-refractivity contribution in [3.63, 3.8) is 0 Å². The van der Waals surface area contributed by atoms with Gasteiger partial charge in [0.2, 0.25) is 5.89 Å². The second kappa shape index (κ2) is 4.98. The number of oxazole rings is 1. The van der Waals surface area contributed by atoms with Gasteiger partial charge in [-0.25, -0.2) is 4.98 Å². The van der Waals surface area contributed by atoms with Crippen molar-refractivity contribution in [3.8, 4) is 0 Å². The normalized spacial score (nSPS) is 12.6. The van der Waals surface area contributed by atoms with Gasteiger partial charge in [0.25, 0.3) is 0 Å². The van der Waals surface area contributed by atoms with Crippen molar-refractivity contribution in [3.05, 3.63) is 29.1 Å². The summed E-state index contributed by atoms with van der Waals surface area (Å²) in [6.45, 7) is 2.02. The Labute approximate surface area is 108 Å². The van der Waals surface area contributed by atoms with Gasteiger partial charge in [-0.2, -0.15) is 12.6 Å². The van der Waals surface area contributed by atoms with Gasteiger partial charge in [-0.3, -0.25) is 4.79 Å². The van der Waals surface area contributed by atoms with Gasteiger partial charge in [-0.05, 0) is 25.1 Å². The molecule has 0 aliphatic heterocycles. The molecule has 0 aliphatic rings. The molecule has 0 amide bonds. The maximum absolute atomic E-state index is 11.5. The van der Waals surface area contributed by atoms with Crippen LogP contribution in [-0.4, -0.2) is 17.6 Å². The van der Waals surface area contributed by atoms with Crippen LogP contribution in [0.4, 0.5) is 0 Å². The summed E-state index contributed by atoms with van der Waals surface area (Å²) >= 11 is 9.95. The monoisotopic (exact) mass is 271 g/mol. The predicted molar refractivity (Wildman–Crippen MR) is 67.4 cm³/mol. The Kier molecular flexibility index (Phi) is 3.59. The van der Waals surface area contributed by atoms with Crippen LogP contribution in [0.1, 0.15) is 18.1 Å². The quantitative estimate of drug-likeness (QED) is 0.689. The molecule has 17 heavy (non-hydrogen) atoms. The van der Waals surface area contributed by atoms with E-state index in [1.165, 1.54) is 0 Å². The zero-order valence-corrected chi connectivity index (χ0v) is 10.7. The Hall–Kier alpha value is -1.20. The number of hydrogen-bond donors (Lipinski definition) is 1. The summed E-state index contributed by atoms with van der Waals surface area (Å²) in [4.78, 5) is 15.6. The fourth-order valence-electron chi connectivity index (χ4n) is 1.36. The number of nitrogens with zero attached hydrogens (tertiary/aromatic N) is 1. The van der Waals surface area contributed by atoms with Crippen molar-refractivity contribution in [1.29, 1.82) is 0 Å². The molecule has 0 spiro atoms. The molecule has 0 radical (unpaired) electrons. The maximum atomic E-state index is 11.5. The second-order valence-electron chi connectivity index (χ2n) is 3.32. The van der Waals surface area contributed by atoms with Crippen LogP contribution in [0.25, 0.3) is 11.1 Å². The maximum Gasteiger partial charge on any atom is 0.328 e. The van der Waals surface area contributed by atoms with E-state index >= 15 is 0 Å². The average molecular weight is 272 g/mol. The lowest BCUT2D eigenvalue weighted by Crippen LogP contribution is -2.11. The van der Waals surface area contributed by atoms with Crippen LogP contribution in [0.2, 0.25) is 5.02 Å². The van der Waals surface area contributed by atoms with Gasteiger partial charge in [0, 0.05) is 5.02 Å². The molecule has 1 heterocycles. The number of rotatable bonds is 3. The summed E-state index contributed by atoms with van der Waals surface area (Å²) in [6.07, 6.45) is 0. The Balaban J connectivity index is 2.33. The first kappa shape index (κ1) is 12.3. The van der Waals surface area contributed by atoms with Gasteiger partial charge in [0.05, 0.1) is 6.61 Å². The third kappa shape index (κ3) is 2.56. The Bertz CT molecular complexity index is 555. The van der Waals surface area contributed by atoms with E-state index in [1.807, 2.05) is 0 Å². The minimum absolute atomic E-state index is 0.212. The highest BCUT2D eigenvalue weighted by Crippen LogP contribution is 2.26. The highest BCUT2D eigenvalue weighted by Gasteiger charge is 2.23. The van der Waals surface area contributed by atoms with Crippen molar-refractivity contribution >= 4 is 41.3 Å². The second-order valence-corrected chi connectivity index (χ2v) is 4.27. The molecule has 1 aromatic carbocycles.